The van der Waals surface area contributed by atoms with Gasteiger partial charge in [-0.3, -0.25) is 4.98 Å². The summed E-state index contributed by atoms with van der Waals surface area (Å²) in [7, 11) is 0. The molecule has 0 radical (unpaired) electrons. The Morgan fingerprint density at radius 2 is 2.17 bits per heavy atom. The fraction of sp³-hybridized carbons (Fsp3) is 0.375. The van der Waals surface area contributed by atoms with Crippen LogP contribution in [0.25, 0.3) is 0 Å². The first-order valence-electron chi connectivity index (χ1n) is 3.71. The summed E-state index contributed by atoms with van der Waals surface area (Å²) in [5.74, 6) is 0. The average molecular weight is 188 g/mol. The molecule has 0 saturated carbocycles. The van der Waals surface area contributed by atoms with Gasteiger partial charge in [0, 0.05) is 12.2 Å². The van der Waals surface area contributed by atoms with E-state index in [-0.39, 0.29) is 18.4 Å². The summed E-state index contributed by atoms with van der Waals surface area (Å²) in [5, 5.41) is 0. The smallest absolute Gasteiger partial charge is 0.0571 e. The largest absolute Gasteiger partial charge is 0.330 e. The van der Waals surface area contributed by atoms with Crippen LogP contribution in [-0.2, 0) is 0 Å². The Bertz CT molecular complexity index is 203. The molecule has 1 heterocycles. The molecule has 4 heteroatoms. The van der Waals surface area contributed by atoms with E-state index >= 15 is 0 Å². The molecule has 1 aromatic heterocycles. The van der Waals surface area contributed by atoms with Gasteiger partial charge >= 0.3 is 0 Å². The number of halogens is 1. The molecule has 0 aromatic carbocycles. The number of nitrogens with two attached hydrogens (primary N) is 2. The van der Waals surface area contributed by atoms with Gasteiger partial charge in [0.05, 0.1) is 5.69 Å². The van der Waals surface area contributed by atoms with E-state index in [2.05, 4.69) is 4.98 Å². The lowest BCUT2D eigenvalue weighted by atomic mass is 10.1. The van der Waals surface area contributed by atoms with Crippen LogP contribution in [0, 0.1) is 0 Å². The zero-order chi connectivity index (χ0) is 8.10. The average Bonchev–Trinajstić information content (AvgIpc) is 2.07. The molecule has 0 unspecified atom stereocenters. The lowest BCUT2D eigenvalue weighted by Crippen LogP contribution is -2.16. The van der Waals surface area contributed by atoms with E-state index in [4.69, 9.17) is 11.5 Å². The zero-order valence-electron chi connectivity index (χ0n) is 6.81. The van der Waals surface area contributed by atoms with E-state index in [1.54, 1.807) is 6.20 Å². The fourth-order valence-corrected chi connectivity index (χ4v) is 0.923. The van der Waals surface area contributed by atoms with Gasteiger partial charge in [-0.15, -0.1) is 12.4 Å². The van der Waals surface area contributed by atoms with Crippen LogP contribution in [0.15, 0.2) is 24.4 Å². The maximum absolute atomic E-state index is 5.76. The van der Waals surface area contributed by atoms with Crippen molar-refractivity contribution >= 4 is 12.4 Å². The number of nitrogens with zero attached hydrogens (tertiary/aromatic N) is 1. The summed E-state index contributed by atoms with van der Waals surface area (Å²) in [6.07, 6.45) is 2.53. The lowest BCUT2D eigenvalue weighted by Gasteiger charge is -2.07. The van der Waals surface area contributed by atoms with Gasteiger partial charge in [-0.05, 0) is 25.1 Å². The minimum atomic E-state index is -0.0128. The molecule has 3 nitrogen and oxygen atoms in total. The second kappa shape index (κ2) is 5.94. The van der Waals surface area contributed by atoms with Crippen LogP contribution in [0.2, 0.25) is 0 Å². The standard InChI is InChI=1S/C8H13N3.ClH/c9-5-4-7(10)8-3-1-2-6-11-8;/h1-3,6-7H,4-5,9-10H2;1H/t7-;/m0./s1. The van der Waals surface area contributed by atoms with Gasteiger partial charge in [0.1, 0.15) is 0 Å². The monoisotopic (exact) mass is 187 g/mol. The van der Waals surface area contributed by atoms with Crippen molar-refractivity contribution in [2.75, 3.05) is 6.54 Å². The van der Waals surface area contributed by atoms with Crippen LogP contribution in [-0.4, -0.2) is 11.5 Å². The van der Waals surface area contributed by atoms with E-state index in [1.165, 1.54) is 0 Å². The van der Waals surface area contributed by atoms with Crippen molar-refractivity contribution in [1.29, 1.82) is 0 Å². The number of rotatable bonds is 3. The molecule has 1 aromatic rings. The van der Waals surface area contributed by atoms with Gasteiger partial charge in [-0.1, -0.05) is 6.07 Å². The third kappa shape index (κ3) is 3.17. The minimum Gasteiger partial charge on any atom is -0.330 e. The Balaban J connectivity index is 0.00000121. The van der Waals surface area contributed by atoms with Crippen molar-refractivity contribution in [3.8, 4) is 0 Å². The molecular weight excluding hydrogens is 174 g/mol. The van der Waals surface area contributed by atoms with Gasteiger partial charge in [-0.2, -0.15) is 0 Å². The van der Waals surface area contributed by atoms with Crippen LogP contribution < -0.4 is 11.5 Å². The van der Waals surface area contributed by atoms with Crippen LogP contribution >= 0.6 is 12.4 Å². The molecule has 4 N–H and O–H groups in total. The van der Waals surface area contributed by atoms with E-state index < -0.39 is 0 Å². The van der Waals surface area contributed by atoms with E-state index in [1.807, 2.05) is 18.2 Å². The quantitative estimate of drug-likeness (QED) is 0.738. The Labute approximate surface area is 78.6 Å². The highest BCUT2D eigenvalue weighted by Gasteiger charge is 2.03. The minimum absolute atomic E-state index is 0. The zero-order valence-corrected chi connectivity index (χ0v) is 7.63. The molecule has 0 aliphatic heterocycles. The van der Waals surface area contributed by atoms with Gasteiger partial charge in [0.25, 0.3) is 0 Å². The summed E-state index contributed by atoms with van der Waals surface area (Å²) in [6.45, 7) is 0.609. The second-order valence-corrected chi connectivity index (χ2v) is 2.44. The van der Waals surface area contributed by atoms with E-state index in [0.717, 1.165) is 12.1 Å². The summed E-state index contributed by atoms with van der Waals surface area (Å²) in [6, 6.07) is 5.71. The second-order valence-electron chi connectivity index (χ2n) is 2.44. The summed E-state index contributed by atoms with van der Waals surface area (Å²) in [4.78, 5) is 4.12. The lowest BCUT2D eigenvalue weighted by molar-refractivity contribution is 0.643. The van der Waals surface area contributed by atoms with Gasteiger partial charge < -0.3 is 11.5 Å². The SMILES string of the molecule is Cl.NCC[C@H](N)c1ccccn1. The highest BCUT2D eigenvalue weighted by molar-refractivity contribution is 5.85. The number of pyridine rings is 1. The Morgan fingerprint density at radius 1 is 1.42 bits per heavy atom. The van der Waals surface area contributed by atoms with Gasteiger partial charge in [0.2, 0.25) is 0 Å². The highest BCUT2D eigenvalue weighted by atomic mass is 35.5. The molecular formula is C8H14ClN3. The van der Waals surface area contributed by atoms with Crippen LogP contribution in [0.5, 0.6) is 0 Å². The molecule has 1 rings (SSSR count). The first-order valence-corrected chi connectivity index (χ1v) is 3.71. The van der Waals surface area contributed by atoms with Gasteiger partial charge in [0.15, 0.2) is 0 Å². The third-order valence-electron chi connectivity index (χ3n) is 1.55. The maximum atomic E-state index is 5.76. The van der Waals surface area contributed by atoms with Crippen molar-refractivity contribution in [3.63, 3.8) is 0 Å². The van der Waals surface area contributed by atoms with Crippen molar-refractivity contribution in [3.05, 3.63) is 30.1 Å². The summed E-state index contributed by atoms with van der Waals surface area (Å²) >= 11 is 0. The molecule has 0 bridgehead atoms. The van der Waals surface area contributed by atoms with Crippen LogP contribution in [0.1, 0.15) is 18.2 Å². The summed E-state index contributed by atoms with van der Waals surface area (Å²) in [5.41, 5.74) is 12.0. The Kier molecular flexibility index (Phi) is 5.62. The van der Waals surface area contributed by atoms with E-state index in [9.17, 15) is 0 Å². The van der Waals surface area contributed by atoms with Crippen molar-refractivity contribution < 1.29 is 0 Å². The van der Waals surface area contributed by atoms with Crippen molar-refractivity contribution in [1.82, 2.24) is 4.98 Å². The van der Waals surface area contributed by atoms with Crippen molar-refractivity contribution in [2.24, 2.45) is 11.5 Å². The molecule has 0 spiro atoms. The normalized spacial score (nSPS) is 11.8. The van der Waals surface area contributed by atoms with Crippen LogP contribution in [0.3, 0.4) is 0 Å². The highest BCUT2D eigenvalue weighted by Crippen LogP contribution is 2.08. The maximum Gasteiger partial charge on any atom is 0.0571 e. The third-order valence-corrected chi connectivity index (χ3v) is 1.55. The first-order chi connectivity index (χ1) is 5.34. The molecule has 1 atom stereocenters. The molecule has 12 heavy (non-hydrogen) atoms. The number of aromatic nitrogens is 1. The van der Waals surface area contributed by atoms with Gasteiger partial charge in [-0.25, -0.2) is 0 Å². The molecule has 68 valence electrons. The molecule has 0 aliphatic rings. The van der Waals surface area contributed by atoms with Crippen LogP contribution in [0.4, 0.5) is 0 Å². The number of hydrogen-bond acceptors (Lipinski definition) is 3. The molecule has 0 aliphatic carbocycles. The fourth-order valence-electron chi connectivity index (χ4n) is 0.923. The first kappa shape index (κ1) is 11.4. The van der Waals surface area contributed by atoms with E-state index in [0.29, 0.717) is 6.54 Å². The van der Waals surface area contributed by atoms with Crippen molar-refractivity contribution in [2.45, 2.75) is 12.5 Å². The molecule has 0 saturated heterocycles. The number of hydrogen-bond donors (Lipinski definition) is 2. The topological polar surface area (TPSA) is 64.9 Å². The predicted molar refractivity (Wildman–Crippen MR) is 52.1 cm³/mol. The Hall–Kier alpha value is -0.640. The molecule has 0 fully saturated rings. The molecule has 0 amide bonds. The Morgan fingerprint density at radius 3 is 2.67 bits per heavy atom. The summed E-state index contributed by atoms with van der Waals surface area (Å²) < 4.78 is 0. The predicted octanol–water partition coefficient (Wildman–Crippen LogP) is 0.852.